The molecule has 1 aromatic carbocycles. The normalized spacial score (nSPS) is 18.6. The molecule has 0 spiro atoms. The largest absolute Gasteiger partial charge is 0.302 e. The molecule has 1 aliphatic rings. The topological polar surface area (TPSA) is 19.4 Å². The second-order valence-electron chi connectivity index (χ2n) is 6.93. The summed E-state index contributed by atoms with van der Waals surface area (Å²) in [6, 6.07) is 15.9. The predicted octanol–water partition coefficient (Wildman–Crippen LogP) is 3.94. The van der Waals surface area contributed by atoms with Gasteiger partial charge in [-0.3, -0.25) is 9.88 Å². The highest BCUT2D eigenvalue weighted by molar-refractivity contribution is 7.98. The van der Waals surface area contributed by atoms with Crippen LogP contribution in [0.25, 0.3) is 0 Å². The third-order valence-electron chi connectivity index (χ3n) is 5.12. The molecule has 0 amide bonds. The molecule has 1 fully saturated rings. The van der Waals surface area contributed by atoms with Gasteiger partial charge in [0.05, 0.1) is 0 Å². The summed E-state index contributed by atoms with van der Waals surface area (Å²) in [6.07, 6.45) is 7.65. The SMILES string of the molecule is CSc1ccc(CN2CCCC(N(C)CCc3ccccn3)C2)cc1. The van der Waals surface area contributed by atoms with Crippen molar-refractivity contribution >= 4 is 11.8 Å². The number of nitrogens with zero attached hydrogens (tertiary/aromatic N) is 3. The van der Waals surface area contributed by atoms with Gasteiger partial charge < -0.3 is 4.90 Å². The summed E-state index contributed by atoms with van der Waals surface area (Å²) in [6.45, 7) is 4.54. The number of hydrogen-bond donors (Lipinski definition) is 0. The van der Waals surface area contributed by atoms with Crippen molar-refractivity contribution in [2.45, 2.75) is 36.7 Å². The lowest BCUT2D eigenvalue weighted by Crippen LogP contribution is -2.46. The summed E-state index contributed by atoms with van der Waals surface area (Å²) in [5.74, 6) is 0. The van der Waals surface area contributed by atoms with Crippen LogP contribution in [0.5, 0.6) is 0 Å². The molecule has 1 atom stereocenters. The third kappa shape index (κ3) is 5.56. The Hall–Kier alpha value is -1.36. The van der Waals surface area contributed by atoms with Gasteiger partial charge in [0, 0.05) is 48.9 Å². The summed E-state index contributed by atoms with van der Waals surface area (Å²) in [7, 11) is 2.27. The lowest BCUT2D eigenvalue weighted by Gasteiger charge is -2.37. The summed E-state index contributed by atoms with van der Waals surface area (Å²) in [4.78, 5) is 10.9. The molecule has 1 aromatic heterocycles. The Labute approximate surface area is 156 Å². The number of piperidine rings is 1. The van der Waals surface area contributed by atoms with Crippen molar-refractivity contribution in [3.63, 3.8) is 0 Å². The molecular weight excluding hydrogens is 326 g/mol. The van der Waals surface area contributed by atoms with E-state index in [9.17, 15) is 0 Å². The van der Waals surface area contributed by atoms with Crippen LogP contribution in [0.15, 0.2) is 53.6 Å². The molecule has 0 N–H and O–H groups in total. The maximum Gasteiger partial charge on any atom is 0.0416 e. The molecule has 3 nitrogen and oxygen atoms in total. The van der Waals surface area contributed by atoms with Gasteiger partial charge in [0.2, 0.25) is 0 Å². The van der Waals surface area contributed by atoms with Crippen molar-refractivity contribution < 1.29 is 0 Å². The Bertz CT molecular complexity index is 629. The number of rotatable bonds is 7. The molecule has 1 aliphatic heterocycles. The molecule has 134 valence electrons. The monoisotopic (exact) mass is 355 g/mol. The van der Waals surface area contributed by atoms with E-state index in [2.05, 4.69) is 64.5 Å². The molecule has 0 saturated carbocycles. The molecule has 25 heavy (non-hydrogen) atoms. The number of pyridine rings is 1. The van der Waals surface area contributed by atoms with Gasteiger partial charge in [0.15, 0.2) is 0 Å². The molecule has 2 aromatic rings. The Kier molecular flexibility index (Phi) is 6.91. The molecule has 0 aliphatic carbocycles. The van der Waals surface area contributed by atoms with Crippen LogP contribution in [-0.2, 0) is 13.0 Å². The number of likely N-dealkylation sites (tertiary alicyclic amines) is 1. The first-order chi connectivity index (χ1) is 12.2. The van der Waals surface area contributed by atoms with E-state index in [1.807, 2.05) is 12.3 Å². The zero-order chi connectivity index (χ0) is 17.5. The Morgan fingerprint density at radius 3 is 2.76 bits per heavy atom. The first kappa shape index (κ1) is 18.4. The molecule has 0 bridgehead atoms. The van der Waals surface area contributed by atoms with E-state index in [0.29, 0.717) is 6.04 Å². The van der Waals surface area contributed by atoms with Crippen LogP contribution < -0.4 is 0 Å². The molecule has 3 rings (SSSR count). The predicted molar refractivity (Wildman–Crippen MR) is 107 cm³/mol. The van der Waals surface area contributed by atoms with Crippen molar-refractivity contribution in [1.29, 1.82) is 0 Å². The van der Waals surface area contributed by atoms with E-state index < -0.39 is 0 Å². The molecule has 4 heteroatoms. The minimum absolute atomic E-state index is 0.655. The third-order valence-corrected chi connectivity index (χ3v) is 5.86. The van der Waals surface area contributed by atoms with Crippen LogP contribution in [0.4, 0.5) is 0 Å². The maximum atomic E-state index is 4.44. The fourth-order valence-electron chi connectivity index (χ4n) is 3.54. The average Bonchev–Trinajstić information content (AvgIpc) is 2.68. The lowest BCUT2D eigenvalue weighted by molar-refractivity contribution is 0.112. The lowest BCUT2D eigenvalue weighted by atomic mass is 10.0. The van der Waals surface area contributed by atoms with Crippen LogP contribution >= 0.6 is 11.8 Å². The standard InChI is InChI=1S/C21H29N3S/c1-23(15-12-19-6-3-4-13-22-19)20-7-5-14-24(17-20)16-18-8-10-21(25-2)11-9-18/h3-4,6,8-11,13,20H,5,7,12,14-17H2,1-2H3. The Balaban J connectivity index is 1.49. The molecule has 0 radical (unpaired) electrons. The summed E-state index contributed by atoms with van der Waals surface area (Å²) in [5.41, 5.74) is 2.62. The molecule has 2 heterocycles. The number of aromatic nitrogens is 1. The van der Waals surface area contributed by atoms with Gasteiger partial charge in [0.25, 0.3) is 0 Å². The first-order valence-electron chi connectivity index (χ1n) is 9.20. The highest BCUT2D eigenvalue weighted by Gasteiger charge is 2.23. The van der Waals surface area contributed by atoms with Crippen molar-refractivity contribution in [3.05, 3.63) is 59.9 Å². The van der Waals surface area contributed by atoms with Crippen LogP contribution in [0.1, 0.15) is 24.1 Å². The molecule has 1 saturated heterocycles. The minimum atomic E-state index is 0.655. The van der Waals surface area contributed by atoms with Crippen molar-refractivity contribution in [2.24, 2.45) is 0 Å². The van der Waals surface area contributed by atoms with E-state index in [0.717, 1.165) is 19.5 Å². The fourth-order valence-corrected chi connectivity index (χ4v) is 3.95. The maximum absolute atomic E-state index is 4.44. The second kappa shape index (κ2) is 9.37. The van der Waals surface area contributed by atoms with Crippen molar-refractivity contribution in [2.75, 3.05) is 32.9 Å². The van der Waals surface area contributed by atoms with Gasteiger partial charge in [-0.2, -0.15) is 0 Å². The van der Waals surface area contributed by atoms with E-state index in [-0.39, 0.29) is 0 Å². The second-order valence-corrected chi connectivity index (χ2v) is 7.81. The smallest absolute Gasteiger partial charge is 0.0416 e. The minimum Gasteiger partial charge on any atom is -0.302 e. The Morgan fingerprint density at radius 1 is 1.20 bits per heavy atom. The number of thioether (sulfide) groups is 1. The van der Waals surface area contributed by atoms with Crippen LogP contribution in [-0.4, -0.2) is 53.8 Å². The summed E-state index contributed by atoms with van der Waals surface area (Å²) < 4.78 is 0. The average molecular weight is 356 g/mol. The van der Waals surface area contributed by atoms with Crippen molar-refractivity contribution in [1.82, 2.24) is 14.8 Å². The van der Waals surface area contributed by atoms with Gasteiger partial charge in [-0.25, -0.2) is 0 Å². The van der Waals surface area contributed by atoms with Gasteiger partial charge in [0.1, 0.15) is 0 Å². The van der Waals surface area contributed by atoms with Crippen molar-refractivity contribution in [3.8, 4) is 0 Å². The number of likely N-dealkylation sites (N-methyl/N-ethyl adjacent to an activating group) is 1. The Morgan fingerprint density at radius 2 is 2.04 bits per heavy atom. The summed E-state index contributed by atoms with van der Waals surface area (Å²) in [5, 5.41) is 0. The zero-order valence-corrected chi connectivity index (χ0v) is 16.2. The van der Waals surface area contributed by atoms with E-state index in [1.165, 1.54) is 42.1 Å². The number of hydrogen-bond acceptors (Lipinski definition) is 4. The quantitative estimate of drug-likeness (QED) is 0.700. The van der Waals surface area contributed by atoms with E-state index in [4.69, 9.17) is 0 Å². The molecule has 1 unspecified atom stereocenters. The first-order valence-corrected chi connectivity index (χ1v) is 10.4. The summed E-state index contributed by atoms with van der Waals surface area (Å²) >= 11 is 1.81. The zero-order valence-electron chi connectivity index (χ0n) is 15.4. The van der Waals surface area contributed by atoms with Gasteiger partial charge in [-0.05, 0) is 62.5 Å². The van der Waals surface area contributed by atoms with Gasteiger partial charge >= 0.3 is 0 Å². The van der Waals surface area contributed by atoms with Crippen LogP contribution in [0, 0.1) is 0 Å². The highest BCUT2D eigenvalue weighted by Crippen LogP contribution is 2.19. The van der Waals surface area contributed by atoms with Gasteiger partial charge in [-0.15, -0.1) is 11.8 Å². The number of benzene rings is 1. The van der Waals surface area contributed by atoms with Gasteiger partial charge in [-0.1, -0.05) is 18.2 Å². The van der Waals surface area contributed by atoms with E-state index in [1.54, 1.807) is 11.8 Å². The van der Waals surface area contributed by atoms with E-state index >= 15 is 0 Å². The van der Waals surface area contributed by atoms with Crippen LogP contribution in [0.2, 0.25) is 0 Å². The fraction of sp³-hybridized carbons (Fsp3) is 0.476. The van der Waals surface area contributed by atoms with Crippen LogP contribution in [0.3, 0.4) is 0 Å². The highest BCUT2D eigenvalue weighted by atomic mass is 32.2. The molecular formula is C21H29N3S.